The van der Waals surface area contributed by atoms with E-state index in [4.69, 9.17) is 9.26 Å². The number of hydrogen-bond donors (Lipinski definition) is 1. The van der Waals surface area contributed by atoms with Gasteiger partial charge in [-0.15, -0.1) is 0 Å². The van der Waals surface area contributed by atoms with E-state index in [0.29, 0.717) is 11.8 Å². The van der Waals surface area contributed by atoms with Gasteiger partial charge in [0.25, 0.3) is 0 Å². The van der Waals surface area contributed by atoms with Crippen molar-refractivity contribution in [3.63, 3.8) is 0 Å². The van der Waals surface area contributed by atoms with Gasteiger partial charge in [-0.1, -0.05) is 17.3 Å². The van der Waals surface area contributed by atoms with Gasteiger partial charge >= 0.3 is 0 Å². The fourth-order valence-corrected chi connectivity index (χ4v) is 2.94. The fourth-order valence-electron chi connectivity index (χ4n) is 2.94. The molecule has 1 amide bonds. The zero-order chi connectivity index (χ0) is 14.7. The lowest BCUT2D eigenvalue weighted by Crippen LogP contribution is -2.39. The molecule has 112 valence electrons. The number of rotatable bonds is 4. The Balaban J connectivity index is 1.57. The Hall–Kier alpha value is -1.88. The van der Waals surface area contributed by atoms with Crippen molar-refractivity contribution < 1.29 is 14.1 Å². The quantitative estimate of drug-likeness (QED) is 0.938. The van der Waals surface area contributed by atoms with E-state index in [2.05, 4.69) is 10.5 Å². The van der Waals surface area contributed by atoms with Crippen molar-refractivity contribution >= 4 is 16.9 Å². The molecule has 0 aliphatic heterocycles. The molecule has 1 heterocycles. The van der Waals surface area contributed by atoms with Crippen molar-refractivity contribution in [2.75, 3.05) is 7.11 Å². The van der Waals surface area contributed by atoms with Gasteiger partial charge < -0.3 is 14.6 Å². The van der Waals surface area contributed by atoms with E-state index in [1.165, 1.54) is 0 Å². The molecule has 0 radical (unpaired) electrons. The van der Waals surface area contributed by atoms with Crippen LogP contribution in [0.1, 0.15) is 31.4 Å². The van der Waals surface area contributed by atoms with Crippen molar-refractivity contribution in [2.45, 2.75) is 44.2 Å². The number of nitrogens with zero attached hydrogens (tertiary/aromatic N) is 1. The topological polar surface area (TPSA) is 64.4 Å². The van der Waals surface area contributed by atoms with Gasteiger partial charge in [0.2, 0.25) is 5.91 Å². The Kier molecular flexibility index (Phi) is 4.20. The molecule has 0 atom stereocenters. The summed E-state index contributed by atoms with van der Waals surface area (Å²) < 4.78 is 10.6. The second kappa shape index (κ2) is 6.26. The van der Waals surface area contributed by atoms with Gasteiger partial charge in [-0.25, -0.2) is 0 Å². The number of ether oxygens (including phenoxy) is 1. The van der Waals surface area contributed by atoms with Gasteiger partial charge in [-0.3, -0.25) is 4.79 Å². The number of methoxy groups -OCH3 is 1. The highest BCUT2D eigenvalue weighted by Crippen LogP contribution is 2.21. The Bertz CT molecular complexity index is 615. The molecule has 0 spiro atoms. The van der Waals surface area contributed by atoms with E-state index in [-0.39, 0.29) is 18.4 Å². The van der Waals surface area contributed by atoms with E-state index in [1.54, 1.807) is 7.11 Å². The highest BCUT2D eigenvalue weighted by atomic mass is 16.5. The van der Waals surface area contributed by atoms with Crippen LogP contribution in [0.2, 0.25) is 0 Å². The predicted molar refractivity (Wildman–Crippen MR) is 78.9 cm³/mol. The minimum atomic E-state index is 0.00919. The van der Waals surface area contributed by atoms with Crippen LogP contribution >= 0.6 is 0 Å². The van der Waals surface area contributed by atoms with Crippen LogP contribution in [0.4, 0.5) is 0 Å². The maximum Gasteiger partial charge on any atom is 0.226 e. The number of amides is 1. The van der Waals surface area contributed by atoms with Gasteiger partial charge in [-0.05, 0) is 37.8 Å². The molecule has 0 unspecified atom stereocenters. The summed E-state index contributed by atoms with van der Waals surface area (Å²) in [5.41, 5.74) is 1.43. The number of hydrogen-bond acceptors (Lipinski definition) is 4. The lowest BCUT2D eigenvalue weighted by Gasteiger charge is -2.28. The first-order valence-electron chi connectivity index (χ1n) is 7.41. The van der Waals surface area contributed by atoms with Crippen molar-refractivity contribution in [1.29, 1.82) is 0 Å². The van der Waals surface area contributed by atoms with E-state index in [1.807, 2.05) is 24.3 Å². The molecule has 1 aromatic carbocycles. The van der Waals surface area contributed by atoms with Crippen molar-refractivity contribution in [3.8, 4) is 0 Å². The first-order valence-corrected chi connectivity index (χ1v) is 7.41. The third-order valence-corrected chi connectivity index (χ3v) is 4.15. The molecule has 1 aliphatic carbocycles. The number of carbonyl (C=O) groups excluding carboxylic acids is 1. The first-order chi connectivity index (χ1) is 10.3. The summed E-state index contributed by atoms with van der Waals surface area (Å²) in [5.74, 6) is 0.00919. The minimum absolute atomic E-state index is 0.00919. The number of para-hydroxylation sites is 1. The summed E-state index contributed by atoms with van der Waals surface area (Å²) >= 11 is 0. The average Bonchev–Trinajstić information content (AvgIpc) is 2.91. The van der Waals surface area contributed by atoms with Crippen LogP contribution in [-0.4, -0.2) is 30.3 Å². The second-order valence-corrected chi connectivity index (χ2v) is 5.58. The number of aromatic nitrogens is 1. The van der Waals surface area contributed by atoms with Crippen molar-refractivity contribution in [1.82, 2.24) is 10.5 Å². The number of fused-ring (bicyclic) bond motifs is 1. The smallest absolute Gasteiger partial charge is 0.226 e. The Morgan fingerprint density at radius 2 is 2.10 bits per heavy atom. The zero-order valence-corrected chi connectivity index (χ0v) is 12.2. The monoisotopic (exact) mass is 288 g/mol. The number of benzene rings is 1. The van der Waals surface area contributed by atoms with Gasteiger partial charge in [0.05, 0.1) is 12.5 Å². The maximum atomic E-state index is 12.1. The Labute approximate surface area is 123 Å². The van der Waals surface area contributed by atoms with E-state index >= 15 is 0 Å². The molecule has 0 bridgehead atoms. The molecule has 1 fully saturated rings. The molecule has 21 heavy (non-hydrogen) atoms. The fraction of sp³-hybridized carbons (Fsp3) is 0.500. The van der Waals surface area contributed by atoms with Gasteiger partial charge in [0.1, 0.15) is 5.69 Å². The summed E-state index contributed by atoms with van der Waals surface area (Å²) in [5, 5.41) is 8.00. The van der Waals surface area contributed by atoms with E-state index in [0.717, 1.165) is 36.7 Å². The molecule has 1 N–H and O–H groups in total. The molecular weight excluding hydrogens is 268 g/mol. The molecule has 3 rings (SSSR count). The normalized spacial score (nSPS) is 22.3. The van der Waals surface area contributed by atoms with Gasteiger partial charge in [0.15, 0.2) is 5.58 Å². The molecule has 1 saturated carbocycles. The largest absolute Gasteiger partial charge is 0.381 e. The summed E-state index contributed by atoms with van der Waals surface area (Å²) in [4.78, 5) is 12.1. The van der Waals surface area contributed by atoms with Gasteiger partial charge in [-0.2, -0.15) is 0 Å². The van der Waals surface area contributed by atoms with Gasteiger partial charge in [0, 0.05) is 18.5 Å². The standard InChI is InChI=1S/C16H20N2O3/c1-20-12-8-6-11(7-9-12)17-16(19)10-14-13-4-2-3-5-15(13)21-18-14/h2-5,11-12H,6-10H2,1H3,(H,17,19). The summed E-state index contributed by atoms with van der Waals surface area (Å²) in [6.07, 6.45) is 4.58. The Morgan fingerprint density at radius 3 is 2.86 bits per heavy atom. The lowest BCUT2D eigenvalue weighted by atomic mass is 9.93. The van der Waals surface area contributed by atoms with Crippen LogP contribution in [-0.2, 0) is 16.0 Å². The van der Waals surface area contributed by atoms with Crippen LogP contribution in [0, 0.1) is 0 Å². The van der Waals surface area contributed by atoms with Crippen LogP contribution in [0.25, 0.3) is 11.0 Å². The number of nitrogens with one attached hydrogen (secondary N) is 1. The molecule has 0 saturated heterocycles. The predicted octanol–water partition coefficient (Wildman–Crippen LogP) is 2.44. The third-order valence-electron chi connectivity index (χ3n) is 4.15. The van der Waals surface area contributed by atoms with Crippen LogP contribution in [0.15, 0.2) is 28.8 Å². The summed E-state index contributed by atoms with van der Waals surface area (Å²) in [6.45, 7) is 0. The highest BCUT2D eigenvalue weighted by molar-refractivity contribution is 5.86. The zero-order valence-electron chi connectivity index (χ0n) is 12.2. The summed E-state index contributed by atoms with van der Waals surface area (Å²) in [7, 11) is 1.75. The number of carbonyl (C=O) groups is 1. The average molecular weight is 288 g/mol. The maximum absolute atomic E-state index is 12.1. The SMILES string of the molecule is COC1CCC(NC(=O)Cc2noc3ccccc23)CC1. The lowest BCUT2D eigenvalue weighted by molar-refractivity contribution is -0.121. The van der Waals surface area contributed by atoms with E-state index in [9.17, 15) is 4.79 Å². The van der Waals surface area contributed by atoms with E-state index < -0.39 is 0 Å². The second-order valence-electron chi connectivity index (χ2n) is 5.58. The molecule has 5 heteroatoms. The first kappa shape index (κ1) is 14.1. The molecule has 1 aliphatic rings. The van der Waals surface area contributed by atoms with Crippen LogP contribution in [0.3, 0.4) is 0 Å². The molecular formula is C16H20N2O3. The van der Waals surface area contributed by atoms with Crippen molar-refractivity contribution in [2.24, 2.45) is 0 Å². The highest BCUT2D eigenvalue weighted by Gasteiger charge is 2.22. The third kappa shape index (κ3) is 3.24. The van der Waals surface area contributed by atoms with Crippen molar-refractivity contribution in [3.05, 3.63) is 30.0 Å². The molecule has 5 nitrogen and oxygen atoms in total. The minimum Gasteiger partial charge on any atom is -0.381 e. The summed E-state index contributed by atoms with van der Waals surface area (Å²) in [6, 6.07) is 7.86. The van der Waals surface area contributed by atoms with Crippen LogP contribution < -0.4 is 5.32 Å². The van der Waals surface area contributed by atoms with Crippen LogP contribution in [0.5, 0.6) is 0 Å². The molecule has 1 aromatic heterocycles. The molecule has 2 aromatic rings. The Morgan fingerprint density at radius 1 is 1.33 bits per heavy atom.